The fraction of sp³-hybridized carbons (Fsp3) is 0.222. The maximum absolute atomic E-state index is 13.9. The second-order valence-corrected chi connectivity index (χ2v) is 5.49. The molecule has 1 heterocycles. The van der Waals surface area contributed by atoms with Crippen LogP contribution in [0.25, 0.3) is 10.9 Å². The summed E-state index contributed by atoms with van der Waals surface area (Å²) >= 11 is 0. The van der Waals surface area contributed by atoms with Gasteiger partial charge in [-0.1, -0.05) is 18.2 Å². The number of methoxy groups -OCH3 is 1. The average molecular weight is 311 g/mol. The van der Waals surface area contributed by atoms with Crippen LogP contribution in [0.15, 0.2) is 42.7 Å². The third-order valence-corrected chi connectivity index (χ3v) is 3.84. The molecule has 0 saturated heterocycles. The van der Waals surface area contributed by atoms with Gasteiger partial charge in [-0.15, -0.1) is 0 Å². The van der Waals surface area contributed by atoms with Crippen molar-refractivity contribution < 1.29 is 9.13 Å². The standard InChI is InChI=1S/C18H18FN3O/c1-12-9-13(7-8-16(12)23-3)10-22(2)18-14-5-4-6-15(19)17(14)20-11-21-18/h4-9,11H,10H2,1-3H3. The van der Waals surface area contributed by atoms with Crippen molar-refractivity contribution in [2.45, 2.75) is 13.5 Å². The van der Waals surface area contributed by atoms with Crippen LogP contribution in [-0.4, -0.2) is 24.1 Å². The van der Waals surface area contributed by atoms with Gasteiger partial charge in [0.15, 0.2) is 0 Å². The molecule has 0 radical (unpaired) electrons. The number of rotatable bonds is 4. The lowest BCUT2D eigenvalue weighted by Crippen LogP contribution is -2.18. The van der Waals surface area contributed by atoms with Gasteiger partial charge >= 0.3 is 0 Å². The Kier molecular flexibility index (Phi) is 4.10. The molecule has 0 aliphatic carbocycles. The van der Waals surface area contributed by atoms with Crippen LogP contribution in [-0.2, 0) is 6.54 Å². The Bertz CT molecular complexity index is 851. The molecule has 0 aliphatic heterocycles. The van der Waals surface area contributed by atoms with Gasteiger partial charge in [-0.3, -0.25) is 0 Å². The maximum Gasteiger partial charge on any atom is 0.149 e. The fourth-order valence-electron chi connectivity index (χ4n) is 2.73. The van der Waals surface area contributed by atoms with Crippen molar-refractivity contribution >= 4 is 16.7 Å². The van der Waals surface area contributed by atoms with E-state index in [-0.39, 0.29) is 5.82 Å². The number of fused-ring (bicyclic) bond motifs is 1. The van der Waals surface area contributed by atoms with Gasteiger partial charge < -0.3 is 9.64 Å². The third-order valence-electron chi connectivity index (χ3n) is 3.84. The molecule has 23 heavy (non-hydrogen) atoms. The predicted octanol–water partition coefficient (Wildman–Crippen LogP) is 3.72. The Balaban J connectivity index is 1.93. The summed E-state index contributed by atoms with van der Waals surface area (Å²) in [4.78, 5) is 10.4. The van der Waals surface area contributed by atoms with E-state index in [4.69, 9.17) is 4.74 Å². The molecule has 0 saturated carbocycles. The number of anilines is 1. The molecule has 3 aromatic rings. The summed E-state index contributed by atoms with van der Waals surface area (Å²) in [7, 11) is 3.60. The molecule has 3 rings (SSSR count). The minimum Gasteiger partial charge on any atom is -0.496 e. The Hall–Kier alpha value is -2.69. The molecule has 0 unspecified atom stereocenters. The zero-order valence-corrected chi connectivity index (χ0v) is 13.4. The molecule has 4 nitrogen and oxygen atoms in total. The topological polar surface area (TPSA) is 38.2 Å². The van der Waals surface area contributed by atoms with Gasteiger partial charge in [-0.25, -0.2) is 14.4 Å². The van der Waals surface area contributed by atoms with Crippen molar-refractivity contribution in [2.75, 3.05) is 19.1 Å². The number of aromatic nitrogens is 2. The first-order valence-electron chi connectivity index (χ1n) is 7.34. The molecule has 0 aliphatic rings. The van der Waals surface area contributed by atoms with Gasteiger partial charge in [0.2, 0.25) is 0 Å². The zero-order chi connectivity index (χ0) is 16.4. The van der Waals surface area contributed by atoms with Crippen LogP contribution in [0.4, 0.5) is 10.2 Å². The molecule has 118 valence electrons. The smallest absolute Gasteiger partial charge is 0.149 e. The molecule has 0 amide bonds. The summed E-state index contributed by atoms with van der Waals surface area (Å²) < 4.78 is 19.2. The van der Waals surface area contributed by atoms with Crippen molar-refractivity contribution in [3.63, 3.8) is 0 Å². The van der Waals surface area contributed by atoms with E-state index in [0.717, 1.165) is 16.9 Å². The highest BCUT2D eigenvalue weighted by molar-refractivity contribution is 5.89. The van der Waals surface area contributed by atoms with Crippen molar-refractivity contribution in [3.8, 4) is 5.75 Å². The molecule has 5 heteroatoms. The van der Waals surface area contributed by atoms with Crippen molar-refractivity contribution in [3.05, 3.63) is 59.7 Å². The number of hydrogen-bond acceptors (Lipinski definition) is 4. The second-order valence-electron chi connectivity index (χ2n) is 5.49. The molecule has 0 N–H and O–H groups in total. The number of aryl methyl sites for hydroxylation is 1. The van der Waals surface area contributed by atoms with Crippen LogP contribution < -0.4 is 9.64 Å². The summed E-state index contributed by atoms with van der Waals surface area (Å²) in [6.45, 7) is 2.67. The Morgan fingerprint density at radius 1 is 1.17 bits per heavy atom. The molecule has 0 atom stereocenters. The molecule has 0 spiro atoms. The summed E-state index contributed by atoms with van der Waals surface area (Å²) in [5.41, 5.74) is 2.56. The van der Waals surface area contributed by atoms with Crippen LogP contribution in [0.2, 0.25) is 0 Å². The van der Waals surface area contributed by atoms with E-state index >= 15 is 0 Å². The van der Waals surface area contributed by atoms with E-state index in [1.54, 1.807) is 13.2 Å². The van der Waals surface area contributed by atoms with Gasteiger partial charge in [0.25, 0.3) is 0 Å². The number of halogens is 1. The minimum absolute atomic E-state index is 0.333. The lowest BCUT2D eigenvalue weighted by molar-refractivity contribution is 0.411. The van der Waals surface area contributed by atoms with Gasteiger partial charge in [-0.2, -0.15) is 0 Å². The van der Waals surface area contributed by atoms with E-state index in [2.05, 4.69) is 16.0 Å². The second kappa shape index (κ2) is 6.20. The minimum atomic E-state index is -0.333. The first kappa shape index (κ1) is 15.2. The lowest BCUT2D eigenvalue weighted by atomic mass is 10.1. The Morgan fingerprint density at radius 2 is 2.00 bits per heavy atom. The average Bonchev–Trinajstić information content (AvgIpc) is 2.55. The van der Waals surface area contributed by atoms with Crippen LogP contribution in [0.1, 0.15) is 11.1 Å². The SMILES string of the molecule is COc1ccc(CN(C)c2ncnc3c(F)cccc23)cc1C. The molecule has 1 aromatic heterocycles. The first-order valence-corrected chi connectivity index (χ1v) is 7.34. The molecule has 0 fully saturated rings. The monoisotopic (exact) mass is 311 g/mol. The first-order chi connectivity index (χ1) is 11.1. The highest BCUT2D eigenvalue weighted by atomic mass is 19.1. The predicted molar refractivity (Wildman–Crippen MR) is 89.3 cm³/mol. The van der Waals surface area contributed by atoms with Gasteiger partial charge in [0, 0.05) is 19.0 Å². The Labute approximate surface area is 134 Å². The lowest BCUT2D eigenvalue weighted by Gasteiger charge is -2.20. The number of para-hydroxylation sites is 1. The van der Waals surface area contributed by atoms with E-state index in [0.29, 0.717) is 23.3 Å². The van der Waals surface area contributed by atoms with Gasteiger partial charge in [0.1, 0.15) is 29.2 Å². The van der Waals surface area contributed by atoms with E-state index in [1.165, 1.54) is 12.4 Å². The number of ether oxygens (including phenoxy) is 1. The molecule has 2 aromatic carbocycles. The number of hydrogen-bond donors (Lipinski definition) is 0. The quantitative estimate of drug-likeness (QED) is 0.736. The van der Waals surface area contributed by atoms with Crippen LogP contribution in [0, 0.1) is 12.7 Å². The van der Waals surface area contributed by atoms with Gasteiger partial charge in [0.05, 0.1) is 7.11 Å². The summed E-state index contributed by atoms with van der Waals surface area (Å²) in [6, 6.07) is 11.0. The van der Waals surface area contributed by atoms with E-state index < -0.39 is 0 Å². The largest absolute Gasteiger partial charge is 0.496 e. The van der Waals surface area contributed by atoms with Crippen LogP contribution >= 0.6 is 0 Å². The number of nitrogens with zero attached hydrogens (tertiary/aromatic N) is 3. The highest BCUT2D eigenvalue weighted by Crippen LogP contribution is 2.26. The molecular formula is C18H18FN3O. The molecular weight excluding hydrogens is 293 g/mol. The Morgan fingerprint density at radius 3 is 2.74 bits per heavy atom. The van der Waals surface area contributed by atoms with Crippen LogP contribution in [0.3, 0.4) is 0 Å². The maximum atomic E-state index is 13.9. The summed E-state index contributed by atoms with van der Waals surface area (Å²) in [6.07, 6.45) is 1.40. The molecule has 0 bridgehead atoms. The fourth-order valence-corrected chi connectivity index (χ4v) is 2.73. The van der Waals surface area contributed by atoms with E-state index in [1.807, 2.05) is 37.1 Å². The normalized spacial score (nSPS) is 10.8. The summed E-state index contributed by atoms with van der Waals surface area (Å²) in [5.74, 6) is 1.24. The number of benzene rings is 2. The summed E-state index contributed by atoms with van der Waals surface area (Å²) in [5, 5.41) is 0.709. The third kappa shape index (κ3) is 2.95. The van der Waals surface area contributed by atoms with Crippen molar-refractivity contribution in [2.24, 2.45) is 0 Å². The zero-order valence-electron chi connectivity index (χ0n) is 13.4. The highest BCUT2D eigenvalue weighted by Gasteiger charge is 2.12. The van der Waals surface area contributed by atoms with E-state index in [9.17, 15) is 4.39 Å². The van der Waals surface area contributed by atoms with Crippen molar-refractivity contribution in [1.82, 2.24) is 9.97 Å². The van der Waals surface area contributed by atoms with Gasteiger partial charge in [-0.05, 0) is 36.2 Å². The van der Waals surface area contributed by atoms with Crippen molar-refractivity contribution in [1.29, 1.82) is 0 Å². The van der Waals surface area contributed by atoms with Crippen LogP contribution in [0.5, 0.6) is 5.75 Å².